The van der Waals surface area contributed by atoms with E-state index < -0.39 is 23.1 Å². The fraction of sp³-hybridized carbons (Fsp3) is 0.222. The van der Waals surface area contributed by atoms with E-state index in [9.17, 15) is 13.6 Å². The number of nitrogens with one attached hydrogen (secondary N) is 1. The van der Waals surface area contributed by atoms with Crippen molar-refractivity contribution in [3.8, 4) is 0 Å². The Morgan fingerprint density at radius 3 is 2.50 bits per heavy atom. The number of fused-ring (bicyclic) bond motifs is 1. The first-order chi connectivity index (χ1) is 6.44. The van der Waals surface area contributed by atoms with Gasteiger partial charge in [-0.05, 0) is 19.1 Å². The Morgan fingerprint density at radius 1 is 1.36 bits per heavy atom. The standard InChI is InChI=1S/C9H8F2N2O/c1-9(12)6-4(10)2-3-5(11)7(6)13-8(9)14/h2-3H,12H2,1H3,(H,13,14). The van der Waals surface area contributed by atoms with Gasteiger partial charge in [-0.25, -0.2) is 8.78 Å². The molecule has 1 aromatic carbocycles. The predicted molar refractivity (Wildman–Crippen MR) is 46.5 cm³/mol. The van der Waals surface area contributed by atoms with Gasteiger partial charge >= 0.3 is 0 Å². The molecule has 1 amide bonds. The molecular formula is C9H8F2N2O. The third-order valence-corrected chi connectivity index (χ3v) is 2.33. The molecule has 1 aliphatic rings. The number of anilines is 1. The molecule has 1 aromatic rings. The summed E-state index contributed by atoms with van der Waals surface area (Å²) in [7, 11) is 0. The second kappa shape index (κ2) is 2.51. The van der Waals surface area contributed by atoms with Crippen molar-refractivity contribution in [3.05, 3.63) is 29.3 Å². The molecule has 74 valence electrons. The summed E-state index contributed by atoms with van der Waals surface area (Å²) in [5.41, 5.74) is 3.82. The largest absolute Gasteiger partial charge is 0.321 e. The van der Waals surface area contributed by atoms with E-state index in [0.717, 1.165) is 12.1 Å². The van der Waals surface area contributed by atoms with Crippen LogP contribution in [0.15, 0.2) is 12.1 Å². The summed E-state index contributed by atoms with van der Waals surface area (Å²) >= 11 is 0. The lowest BCUT2D eigenvalue weighted by Gasteiger charge is -2.15. The van der Waals surface area contributed by atoms with Crippen LogP contribution in [-0.4, -0.2) is 5.91 Å². The van der Waals surface area contributed by atoms with Crippen LogP contribution in [0.1, 0.15) is 12.5 Å². The lowest BCUT2D eigenvalue weighted by molar-refractivity contribution is -0.120. The number of hydrogen-bond donors (Lipinski definition) is 2. The smallest absolute Gasteiger partial charge is 0.249 e. The van der Waals surface area contributed by atoms with Crippen LogP contribution in [-0.2, 0) is 10.3 Å². The van der Waals surface area contributed by atoms with Crippen molar-refractivity contribution in [1.82, 2.24) is 0 Å². The number of nitrogens with two attached hydrogens (primary N) is 1. The third-order valence-electron chi connectivity index (χ3n) is 2.33. The third kappa shape index (κ3) is 0.957. The average Bonchev–Trinajstić information content (AvgIpc) is 2.33. The fourth-order valence-electron chi connectivity index (χ4n) is 1.54. The lowest BCUT2D eigenvalue weighted by atomic mass is 9.94. The molecule has 1 unspecified atom stereocenters. The Morgan fingerprint density at radius 2 is 1.93 bits per heavy atom. The fourth-order valence-corrected chi connectivity index (χ4v) is 1.54. The average molecular weight is 198 g/mol. The minimum Gasteiger partial charge on any atom is -0.321 e. The molecule has 1 aliphatic heterocycles. The minimum absolute atomic E-state index is 0.109. The highest BCUT2D eigenvalue weighted by Crippen LogP contribution is 2.37. The molecule has 0 bridgehead atoms. The van der Waals surface area contributed by atoms with E-state index >= 15 is 0 Å². The summed E-state index contributed by atoms with van der Waals surface area (Å²) < 4.78 is 26.5. The molecule has 0 saturated carbocycles. The van der Waals surface area contributed by atoms with Crippen LogP contribution >= 0.6 is 0 Å². The van der Waals surface area contributed by atoms with Gasteiger partial charge in [-0.3, -0.25) is 4.79 Å². The molecule has 0 saturated heterocycles. The summed E-state index contributed by atoms with van der Waals surface area (Å²) in [5.74, 6) is -1.95. The number of amides is 1. The summed E-state index contributed by atoms with van der Waals surface area (Å²) in [4.78, 5) is 11.3. The van der Waals surface area contributed by atoms with E-state index in [1.807, 2.05) is 0 Å². The van der Waals surface area contributed by atoms with Crippen molar-refractivity contribution in [2.45, 2.75) is 12.5 Å². The van der Waals surface area contributed by atoms with Crippen molar-refractivity contribution >= 4 is 11.6 Å². The molecule has 3 N–H and O–H groups in total. The summed E-state index contributed by atoms with van der Waals surface area (Å²) in [6, 6.07) is 1.91. The van der Waals surface area contributed by atoms with Gasteiger partial charge in [-0.2, -0.15) is 0 Å². The predicted octanol–water partition coefficient (Wildman–Crippen LogP) is 1.09. The normalized spacial score (nSPS) is 24.7. The first kappa shape index (κ1) is 9.08. The summed E-state index contributed by atoms with van der Waals surface area (Å²) in [6.07, 6.45) is 0. The summed E-state index contributed by atoms with van der Waals surface area (Å²) in [5, 5.41) is 2.22. The van der Waals surface area contributed by atoms with Crippen LogP contribution in [0.4, 0.5) is 14.5 Å². The zero-order valence-corrected chi connectivity index (χ0v) is 7.40. The Balaban J connectivity index is 2.76. The molecule has 1 heterocycles. The molecule has 0 spiro atoms. The zero-order valence-electron chi connectivity index (χ0n) is 7.40. The minimum atomic E-state index is -1.50. The van der Waals surface area contributed by atoms with Gasteiger partial charge in [0.05, 0.1) is 5.69 Å². The number of rotatable bonds is 0. The highest BCUT2D eigenvalue weighted by molar-refractivity contribution is 6.05. The lowest BCUT2D eigenvalue weighted by Crippen LogP contribution is -2.40. The van der Waals surface area contributed by atoms with Crippen LogP contribution in [0.2, 0.25) is 0 Å². The van der Waals surface area contributed by atoms with Crippen LogP contribution < -0.4 is 11.1 Å². The van der Waals surface area contributed by atoms with Gasteiger partial charge in [-0.15, -0.1) is 0 Å². The van der Waals surface area contributed by atoms with Crippen molar-refractivity contribution in [2.75, 3.05) is 5.32 Å². The van der Waals surface area contributed by atoms with E-state index in [0.29, 0.717) is 0 Å². The van der Waals surface area contributed by atoms with E-state index in [-0.39, 0.29) is 11.3 Å². The molecule has 14 heavy (non-hydrogen) atoms. The van der Waals surface area contributed by atoms with Crippen LogP contribution in [0, 0.1) is 11.6 Å². The Kier molecular flexibility index (Phi) is 1.63. The van der Waals surface area contributed by atoms with Gasteiger partial charge < -0.3 is 11.1 Å². The molecule has 5 heteroatoms. The maximum absolute atomic E-state index is 13.3. The number of carbonyl (C=O) groups excluding carboxylic acids is 1. The second-order valence-corrected chi connectivity index (χ2v) is 3.44. The number of halogens is 2. The van der Waals surface area contributed by atoms with Gasteiger partial charge in [0.25, 0.3) is 0 Å². The second-order valence-electron chi connectivity index (χ2n) is 3.44. The van der Waals surface area contributed by atoms with E-state index in [1.165, 1.54) is 6.92 Å². The number of benzene rings is 1. The first-order valence-corrected chi connectivity index (χ1v) is 4.03. The molecule has 0 aliphatic carbocycles. The molecular weight excluding hydrogens is 190 g/mol. The SMILES string of the molecule is CC1(N)C(=O)Nc2c(F)ccc(F)c21. The maximum Gasteiger partial charge on any atom is 0.249 e. The van der Waals surface area contributed by atoms with Gasteiger partial charge in [0, 0.05) is 5.56 Å². The highest BCUT2D eigenvalue weighted by atomic mass is 19.1. The quantitative estimate of drug-likeness (QED) is 0.655. The molecule has 3 nitrogen and oxygen atoms in total. The van der Waals surface area contributed by atoms with Gasteiger partial charge in [-0.1, -0.05) is 0 Å². The summed E-state index contributed by atoms with van der Waals surface area (Å²) in [6.45, 7) is 1.34. The molecule has 0 aromatic heterocycles. The monoisotopic (exact) mass is 198 g/mol. The van der Waals surface area contributed by atoms with Crippen LogP contribution in [0.25, 0.3) is 0 Å². The highest BCUT2D eigenvalue weighted by Gasteiger charge is 2.43. The van der Waals surface area contributed by atoms with Crippen molar-refractivity contribution in [1.29, 1.82) is 0 Å². The Labute approximate surface area is 78.9 Å². The van der Waals surface area contributed by atoms with Crippen molar-refractivity contribution in [2.24, 2.45) is 5.73 Å². The van der Waals surface area contributed by atoms with E-state index in [2.05, 4.69) is 5.32 Å². The van der Waals surface area contributed by atoms with Crippen molar-refractivity contribution in [3.63, 3.8) is 0 Å². The van der Waals surface area contributed by atoms with Gasteiger partial charge in [0.1, 0.15) is 17.2 Å². The van der Waals surface area contributed by atoms with Gasteiger partial charge in [0.15, 0.2) is 0 Å². The van der Waals surface area contributed by atoms with E-state index in [1.54, 1.807) is 0 Å². The molecule has 0 fully saturated rings. The number of hydrogen-bond acceptors (Lipinski definition) is 2. The number of carbonyl (C=O) groups is 1. The molecule has 0 radical (unpaired) electrons. The van der Waals surface area contributed by atoms with E-state index in [4.69, 9.17) is 5.73 Å². The zero-order chi connectivity index (χ0) is 10.5. The van der Waals surface area contributed by atoms with Crippen LogP contribution in [0.5, 0.6) is 0 Å². The Hall–Kier alpha value is -1.49. The first-order valence-electron chi connectivity index (χ1n) is 4.03. The van der Waals surface area contributed by atoms with Crippen molar-refractivity contribution < 1.29 is 13.6 Å². The van der Waals surface area contributed by atoms with Gasteiger partial charge in [0.2, 0.25) is 5.91 Å². The van der Waals surface area contributed by atoms with Crippen LogP contribution in [0.3, 0.4) is 0 Å². The Bertz CT molecular complexity index is 429. The molecule has 2 rings (SSSR count). The topological polar surface area (TPSA) is 55.1 Å². The molecule has 1 atom stereocenters. The maximum atomic E-state index is 13.3.